The third-order valence-electron chi connectivity index (χ3n) is 1.72. The van der Waals surface area contributed by atoms with Crippen molar-refractivity contribution in [2.45, 2.75) is 0 Å². The van der Waals surface area contributed by atoms with E-state index in [2.05, 4.69) is 10.8 Å². The van der Waals surface area contributed by atoms with E-state index in [1.54, 1.807) is 0 Å². The summed E-state index contributed by atoms with van der Waals surface area (Å²) in [5.74, 6) is -0.318. The monoisotopic (exact) mass is 191 g/mol. The molecule has 0 fully saturated rings. The van der Waals surface area contributed by atoms with E-state index in [4.69, 9.17) is 0 Å². The molecular weight excluding hydrogens is 184 g/mol. The first-order chi connectivity index (χ1) is 6.31. The summed E-state index contributed by atoms with van der Waals surface area (Å²) in [5, 5.41) is 0.966. The van der Waals surface area contributed by atoms with Gasteiger partial charge in [-0.05, 0) is 6.07 Å². The van der Waals surface area contributed by atoms with Gasteiger partial charge < -0.3 is 4.74 Å². The smallest absolute Gasteiger partial charge is 0.348 e. The number of carbonyl (C=O) groups excluding carboxylic acids is 1. The average Bonchev–Trinajstić information content (AvgIpc) is 2.59. The van der Waals surface area contributed by atoms with Crippen LogP contribution in [-0.4, -0.2) is 13.1 Å². The lowest BCUT2D eigenvalue weighted by atomic mass is 10.2. The van der Waals surface area contributed by atoms with Crippen molar-refractivity contribution in [1.82, 2.24) is 0 Å². The van der Waals surface area contributed by atoms with Crippen LogP contribution in [0.15, 0.2) is 24.3 Å². The van der Waals surface area contributed by atoms with Crippen LogP contribution in [0, 0.1) is 6.07 Å². The van der Waals surface area contributed by atoms with Crippen LogP contribution in [0.5, 0.6) is 0 Å². The van der Waals surface area contributed by atoms with Gasteiger partial charge >= 0.3 is 5.97 Å². The lowest BCUT2D eigenvalue weighted by Crippen LogP contribution is -1.96. The number of benzene rings is 1. The van der Waals surface area contributed by atoms with Gasteiger partial charge in [-0.1, -0.05) is 18.2 Å². The number of rotatable bonds is 1. The predicted molar refractivity (Wildman–Crippen MR) is 52.0 cm³/mol. The number of hydrogen-bond donors (Lipinski definition) is 0. The first-order valence-electron chi connectivity index (χ1n) is 3.80. The van der Waals surface area contributed by atoms with Crippen LogP contribution in [-0.2, 0) is 4.74 Å². The zero-order valence-corrected chi connectivity index (χ0v) is 7.85. The first kappa shape index (κ1) is 8.26. The Labute approximate surface area is 79.8 Å². The van der Waals surface area contributed by atoms with E-state index in [0.29, 0.717) is 4.88 Å². The Balaban J connectivity index is 2.56. The molecule has 3 heteroatoms. The van der Waals surface area contributed by atoms with Gasteiger partial charge in [0, 0.05) is 16.2 Å². The second-order valence-corrected chi connectivity index (χ2v) is 3.60. The van der Waals surface area contributed by atoms with Gasteiger partial charge in [-0.3, -0.25) is 0 Å². The van der Waals surface area contributed by atoms with Gasteiger partial charge in [0.2, 0.25) is 0 Å². The Bertz CT molecular complexity index is 412. The third-order valence-corrected chi connectivity index (χ3v) is 2.77. The maximum Gasteiger partial charge on any atom is 0.348 e. The van der Waals surface area contributed by atoms with Crippen LogP contribution in [0.25, 0.3) is 10.1 Å². The van der Waals surface area contributed by atoms with Crippen molar-refractivity contribution in [1.29, 1.82) is 0 Å². The first-order valence-corrected chi connectivity index (χ1v) is 4.62. The quantitative estimate of drug-likeness (QED) is 0.647. The van der Waals surface area contributed by atoms with E-state index in [-0.39, 0.29) is 5.97 Å². The topological polar surface area (TPSA) is 26.3 Å². The summed E-state index contributed by atoms with van der Waals surface area (Å²) >= 11 is 1.40. The SMILES string of the molecule is COC(=O)c1[c]c2ccccc2s1. The summed E-state index contributed by atoms with van der Waals surface area (Å²) in [7, 11) is 1.38. The summed E-state index contributed by atoms with van der Waals surface area (Å²) in [5.41, 5.74) is 0. The molecule has 0 spiro atoms. The molecule has 1 aromatic heterocycles. The summed E-state index contributed by atoms with van der Waals surface area (Å²) in [6.45, 7) is 0. The Kier molecular flexibility index (Phi) is 2.02. The molecule has 0 saturated carbocycles. The summed E-state index contributed by atoms with van der Waals surface area (Å²) < 4.78 is 5.66. The number of fused-ring (bicyclic) bond motifs is 1. The molecule has 1 heterocycles. The average molecular weight is 191 g/mol. The molecule has 0 atom stereocenters. The van der Waals surface area contributed by atoms with Gasteiger partial charge in [-0.2, -0.15) is 0 Å². The number of carbonyl (C=O) groups is 1. The Morgan fingerprint density at radius 3 is 2.92 bits per heavy atom. The van der Waals surface area contributed by atoms with Crippen LogP contribution in [0.1, 0.15) is 9.67 Å². The summed E-state index contributed by atoms with van der Waals surface area (Å²) in [6.07, 6.45) is 0. The van der Waals surface area contributed by atoms with Crippen molar-refractivity contribution in [2.75, 3.05) is 7.11 Å². The van der Waals surface area contributed by atoms with Crippen molar-refractivity contribution in [3.05, 3.63) is 35.2 Å². The maximum absolute atomic E-state index is 11.1. The van der Waals surface area contributed by atoms with Crippen molar-refractivity contribution in [3.63, 3.8) is 0 Å². The molecule has 2 aromatic rings. The minimum absolute atomic E-state index is 0.318. The van der Waals surface area contributed by atoms with E-state index in [1.165, 1.54) is 18.4 Å². The number of thiophene rings is 1. The van der Waals surface area contributed by atoms with E-state index in [1.807, 2.05) is 24.3 Å². The van der Waals surface area contributed by atoms with Crippen LogP contribution in [0.3, 0.4) is 0 Å². The highest BCUT2D eigenvalue weighted by Crippen LogP contribution is 2.24. The van der Waals surface area contributed by atoms with E-state index in [9.17, 15) is 4.79 Å². The third kappa shape index (κ3) is 1.42. The van der Waals surface area contributed by atoms with Crippen LogP contribution >= 0.6 is 11.3 Å². The highest BCUT2D eigenvalue weighted by molar-refractivity contribution is 7.20. The molecule has 2 rings (SSSR count). The highest BCUT2D eigenvalue weighted by Gasteiger charge is 2.09. The number of esters is 1. The molecule has 0 bridgehead atoms. The van der Waals surface area contributed by atoms with Gasteiger partial charge in [0.05, 0.1) is 7.11 Å². The minimum Gasteiger partial charge on any atom is -0.465 e. The van der Waals surface area contributed by atoms with Crippen molar-refractivity contribution in [2.24, 2.45) is 0 Å². The lowest BCUT2D eigenvalue weighted by molar-refractivity contribution is 0.0606. The predicted octanol–water partition coefficient (Wildman–Crippen LogP) is 2.49. The number of ether oxygens (including phenoxy) is 1. The number of hydrogen-bond acceptors (Lipinski definition) is 3. The van der Waals surface area contributed by atoms with E-state index in [0.717, 1.165) is 10.1 Å². The van der Waals surface area contributed by atoms with Gasteiger partial charge in [-0.25, -0.2) is 4.79 Å². The molecule has 0 aliphatic rings. The van der Waals surface area contributed by atoms with Gasteiger partial charge in [0.15, 0.2) is 0 Å². The molecular formula is C10H7O2S. The van der Waals surface area contributed by atoms with Gasteiger partial charge in [0.25, 0.3) is 0 Å². The summed E-state index contributed by atoms with van der Waals surface area (Å²) in [6, 6.07) is 10.7. The molecule has 0 aliphatic heterocycles. The highest BCUT2D eigenvalue weighted by atomic mass is 32.1. The van der Waals surface area contributed by atoms with Gasteiger partial charge in [-0.15, -0.1) is 11.3 Å². The second-order valence-electron chi connectivity index (χ2n) is 2.54. The van der Waals surface area contributed by atoms with Gasteiger partial charge in [0.1, 0.15) is 4.88 Å². The Morgan fingerprint density at radius 2 is 2.23 bits per heavy atom. The molecule has 2 nitrogen and oxygen atoms in total. The maximum atomic E-state index is 11.1. The van der Waals surface area contributed by atoms with Crippen molar-refractivity contribution < 1.29 is 9.53 Å². The largest absolute Gasteiger partial charge is 0.465 e. The van der Waals surface area contributed by atoms with Crippen LogP contribution in [0.4, 0.5) is 0 Å². The fraction of sp³-hybridized carbons (Fsp3) is 0.100. The van der Waals surface area contributed by atoms with Crippen molar-refractivity contribution >= 4 is 27.4 Å². The molecule has 1 aromatic carbocycles. The lowest BCUT2D eigenvalue weighted by Gasteiger charge is -1.90. The zero-order valence-electron chi connectivity index (χ0n) is 7.03. The van der Waals surface area contributed by atoms with Crippen LogP contribution < -0.4 is 0 Å². The Morgan fingerprint density at radius 1 is 1.46 bits per heavy atom. The molecule has 65 valence electrons. The second kappa shape index (κ2) is 3.18. The molecule has 0 amide bonds. The number of methoxy groups -OCH3 is 1. The molecule has 0 saturated heterocycles. The molecule has 0 unspecified atom stereocenters. The Hall–Kier alpha value is -1.35. The summed E-state index contributed by atoms with van der Waals surface area (Å²) in [4.78, 5) is 11.7. The normalized spacial score (nSPS) is 10.2. The molecule has 13 heavy (non-hydrogen) atoms. The molecule has 0 N–H and O–H groups in total. The van der Waals surface area contributed by atoms with E-state index < -0.39 is 0 Å². The zero-order chi connectivity index (χ0) is 9.26. The standard InChI is InChI=1S/C10H7O2S/c1-12-10(11)9-6-7-4-2-3-5-8(7)13-9/h2-5H,1H3. The molecule has 0 aliphatic carbocycles. The van der Waals surface area contributed by atoms with Crippen molar-refractivity contribution in [3.8, 4) is 0 Å². The fourth-order valence-electron chi connectivity index (χ4n) is 1.10. The van der Waals surface area contributed by atoms with E-state index >= 15 is 0 Å². The molecule has 1 radical (unpaired) electrons. The fourth-order valence-corrected chi connectivity index (χ4v) is 2.03. The van der Waals surface area contributed by atoms with Crippen LogP contribution in [0.2, 0.25) is 0 Å². The minimum atomic E-state index is -0.318.